The highest BCUT2D eigenvalue weighted by molar-refractivity contribution is 7.98. The topological polar surface area (TPSA) is 75.7 Å². The highest BCUT2D eigenvalue weighted by Crippen LogP contribution is 2.50. The maximum atomic E-state index is 14.5. The number of halogens is 1. The Bertz CT molecular complexity index is 774. The number of amides is 2. The van der Waals surface area contributed by atoms with Crippen molar-refractivity contribution in [3.05, 3.63) is 35.6 Å². The van der Waals surface area contributed by atoms with E-state index in [1.165, 1.54) is 24.9 Å². The molecule has 0 radical (unpaired) electrons. The molecule has 2 aliphatic rings. The maximum Gasteiger partial charge on any atom is 0.327 e. The molecule has 0 spiro atoms. The number of carbonyl (C=O) groups excluding carboxylic acids is 3. The number of nitrogens with zero attached hydrogens (tertiary/aromatic N) is 1. The van der Waals surface area contributed by atoms with Crippen molar-refractivity contribution in [2.75, 3.05) is 25.7 Å². The lowest BCUT2D eigenvalue weighted by atomic mass is 9.77. The van der Waals surface area contributed by atoms with Gasteiger partial charge in [-0.3, -0.25) is 24.6 Å². The summed E-state index contributed by atoms with van der Waals surface area (Å²) < 4.78 is 19.8. The quantitative estimate of drug-likeness (QED) is 0.585. The molecule has 0 aliphatic carbocycles. The summed E-state index contributed by atoms with van der Waals surface area (Å²) in [6.07, 6.45) is 2.21. The van der Waals surface area contributed by atoms with E-state index in [-0.39, 0.29) is 12.2 Å². The number of rotatable bonds is 6. The van der Waals surface area contributed by atoms with Crippen molar-refractivity contribution >= 4 is 29.5 Å². The zero-order valence-corrected chi connectivity index (χ0v) is 16.3. The van der Waals surface area contributed by atoms with Gasteiger partial charge >= 0.3 is 5.97 Å². The van der Waals surface area contributed by atoms with Crippen molar-refractivity contribution in [3.8, 4) is 0 Å². The molecule has 0 aromatic heterocycles. The van der Waals surface area contributed by atoms with Crippen LogP contribution in [0.4, 0.5) is 4.39 Å². The van der Waals surface area contributed by atoms with E-state index in [0.29, 0.717) is 12.2 Å². The number of thioether (sulfide) groups is 1. The van der Waals surface area contributed by atoms with Gasteiger partial charge in [0.15, 0.2) is 0 Å². The molecule has 8 heteroatoms. The lowest BCUT2D eigenvalue weighted by Crippen LogP contribution is -2.56. The normalized spacial score (nSPS) is 29.9. The van der Waals surface area contributed by atoms with Gasteiger partial charge in [-0.25, -0.2) is 4.39 Å². The Morgan fingerprint density at radius 1 is 1.33 bits per heavy atom. The molecule has 2 saturated heterocycles. The fraction of sp³-hybridized carbons (Fsp3) is 0.526. The molecule has 1 aromatic carbocycles. The molecule has 2 amide bonds. The number of likely N-dealkylation sites (tertiary alicyclic amines) is 1. The minimum Gasteiger partial charge on any atom is -0.465 e. The first kappa shape index (κ1) is 19.8. The second-order valence-corrected chi connectivity index (χ2v) is 7.80. The summed E-state index contributed by atoms with van der Waals surface area (Å²) in [4.78, 5) is 39.7. The summed E-state index contributed by atoms with van der Waals surface area (Å²) in [5, 5.41) is 3.17. The summed E-state index contributed by atoms with van der Waals surface area (Å²) in [7, 11) is 1.41. The summed E-state index contributed by atoms with van der Waals surface area (Å²) >= 11 is 1.53. The Labute approximate surface area is 161 Å². The zero-order valence-electron chi connectivity index (χ0n) is 15.5. The number of benzene rings is 1. The molecule has 2 aliphatic heterocycles. The van der Waals surface area contributed by atoms with Gasteiger partial charge in [0.1, 0.15) is 11.4 Å². The van der Waals surface area contributed by atoms with Gasteiger partial charge in [0.2, 0.25) is 11.8 Å². The first-order valence-corrected chi connectivity index (χ1v) is 10.3. The van der Waals surface area contributed by atoms with Gasteiger partial charge in [0.05, 0.1) is 18.4 Å². The molecule has 0 saturated carbocycles. The standard InChI is InChI=1S/C19H23FN2O4S/c1-4-26-18(25)19(9-10-27-3)14-13(16(23)22(2)17(14)24)15(21-19)11-7-5-6-8-12(11)20/h5-8,13-15,21H,4,9-10H2,1-3H3/t13-,14+,15+,19+/m0/s1. The number of ether oxygens (including phenoxy) is 1. The van der Waals surface area contributed by atoms with Crippen molar-refractivity contribution in [3.63, 3.8) is 0 Å². The van der Waals surface area contributed by atoms with Crippen molar-refractivity contribution in [2.24, 2.45) is 11.8 Å². The van der Waals surface area contributed by atoms with Gasteiger partial charge in [-0.2, -0.15) is 11.8 Å². The predicted octanol–water partition coefficient (Wildman–Crippen LogP) is 1.76. The second kappa shape index (κ2) is 7.59. The molecule has 27 heavy (non-hydrogen) atoms. The van der Waals surface area contributed by atoms with Crippen LogP contribution in [0.15, 0.2) is 24.3 Å². The fourth-order valence-electron chi connectivity index (χ4n) is 4.18. The Morgan fingerprint density at radius 3 is 2.67 bits per heavy atom. The van der Waals surface area contributed by atoms with E-state index < -0.39 is 47.0 Å². The number of nitrogens with one attached hydrogen (secondary N) is 1. The van der Waals surface area contributed by atoms with E-state index in [1.54, 1.807) is 25.1 Å². The number of imide groups is 1. The third-order valence-corrected chi connectivity index (χ3v) is 6.07. The molecule has 1 N–H and O–H groups in total. The van der Waals surface area contributed by atoms with Crippen LogP contribution in [0, 0.1) is 17.7 Å². The molecular weight excluding hydrogens is 371 g/mol. The molecule has 3 rings (SSSR count). The molecule has 2 heterocycles. The first-order chi connectivity index (χ1) is 12.9. The average Bonchev–Trinajstić information content (AvgIpc) is 3.11. The number of fused-ring (bicyclic) bond motifs is 1. The molecule has 2 fully saturated rings. The van der Waals surface area contributed by atoms with Crippen LogP contribution in [0.3, 0.4) is 0 Å². The molecule has 0 unspecified atom stereocenters. The lowest BCUT2D eigenvalue weighted by Gasteiger charge is -2.32. The van der Waals surface area contributed by atoms with E-state index in [1.807, 2.05) is 6.26 Å². The van der Waals surface area contributed by atoms with Crippen LogP contribution in [0.25, 0.3) is 0 Å². The van der Waals surface area contributed by atoms with Crippen molar-refractivity contribution in [1.29, 1.82) is 0 Å². The van der Waals surface area contributed by atoms with Crippen LogP contribution < -0.4 is 5.32 Å². The zero-order chi connectivity index (χ0) is 19.8. The van der Waals surface area contributed by atoms with Gasteiger partial charge in [0, 0.05) is 18.7 Å². The lowest BCUT2D eigenvalue weighted by molar-refractivity contribution is -0.156. The Kier molecular flexibility index (Phi) is 5.58. The third kappa shape index (κ3) is 3.04. The van der Waals surface area contributed by atoms with Gasteiger partial charge in [0.25, 0.3) is 0 Å². The van der Waals surface area contributed by atoms with Crippen molar-refractivity contribution in [2.45, 2.75) is 24.9 Å². The van der Waals surface area contributed by atoms with E-state index in [9.17, 15) is 18.8 Å². The maximum absolute atomic E-state index is 14.5. The van der Waals surface area contributed by atoms with Crippen LogP contribution in [-0.4, -0.2) is 53.9 Å². The van der Waals surface area contributed by atoms with Gasteiger partial charge < -0.3 is 4.74 Å². The van der Waals surface area contributed by atoms with Crippen LogP contribution >= 0.6 is 11.8 Å². The Morgan fingerprint density at radius 2 is 2.04 bits per heavy atom. The predicted molar refractivity (Wildman–Crippen MR) is 99.4 cm³/mol. The van der Waals surface area contributed by atoms with E-state index >= 15 is 0 Å². The molecule has 4 atom stereocenters. The number of hydrogen-bond donors (Lipinski definition) is 1. The average molecular weight is 394 g/mol. The molecule has 0 bridgehead atoms. The molecular formula is C19H23FN2O4S. The van der Waals surface area contributed by atoms with Gasteiger partial charge in [-0.1, -0.05) is 18.2 Å². The Balaban J connectivity index is 2.14. The van der Waals surface area contributed by atoms with E-state index in [4.69, 9.17) is 4.74 Å². The largest absolute Gasteiger partial charge is 0.465 e. The SMILES string of the molecule is CCOC(=O)[C@]1(CCSC)N[C@H](c2ccccc2F)[C@H]2C(=O)N(C)C(=O)[C@@H]21. The van der Waals surface area contributed by atoms with E-state index in [0.717, 1.165) is 4.90 Å². The number of esters is 1. The van der Waals surface area contributed by atoms with Crippen molar-refractivity contribution in [1.82, 2.24) is 10.2 Å². The van der Waals surface area contributed by atoms with Crippen LogP contribution in [0.2, 0.25) is 0 Å². The summed E-state index contributed by atoms with van der Waals surface area (Å²) in [5.74, 6) is -3.04. The highest BCUT2D eigenvalue weighted by Gasteiger charge is 2.68. The highest BCUT2D eigenvalue weighted by atomic mass is 32.2. The number of hydrogen-bond acceptors (Lipinski definition) is 6. The van der Waals surface area contributed by atoms with Crippen LogP contribution in [-0.2, 0) is 19.1 Å². The van der Waals surface area contributed by atoms with Gasteiger partial charge in [-0.05, 0) is 31.4 Å². The summed E-state index contributed by atoms with van der Waals surface area (Å²) in [5.41, 5.74) is -1.08. The van der Waals surface area contributed by atoms with E-state index in [2.05, 4.69) is 5.32 Å². The van der Waals surface area contributed by atoms with Crippen LogP contribution in [0.5, 0.6) is 0 Å². The minimum absolute atomic E-state index is 0.154. The fourth-order valence-corrected chi connectivity index (χ4v) is 4.71. The molecule has 6 nitrogen and oxygen atoms in total. The third-order valence-electron chi connectivity index (χ3n) is 5.46. The second-order valence-electron chi connectivity index (χ2n) is 6.82. The smallest absolute Gasteiger partial charge is 0.327 e. The minimum atomic E-state index is -1.35. The monoisotopic (exact) mass is 394 g/mol. The number of carbonyl (C=O) groups is 3. The summed E-state index contributed by atoms with van der Waals surface area (Å²) in [6, 6.07) is 5.35. The van der Waals surface area contributed by atoms with Crippen molar-refractivity contribution < 1.29 is 23.5 Å². The van der Waals surface area contributed by atoms with Gasteiger partial charge in [-0.15, -0.1) is 0 Å². The van der Waals surface area contributed by atoms with Crippen LogP contribution in [0.1, 0.15) is 24.9 Å². The Hall–Kier alpha value is -1.93. The molecule has 1 aromatic rings. The summed E-state index contributed by atoms with van der Waals surface area (Å²) in [6.45, 7) is 1.84. The molecule has 146 valence electrons. The first-order valence-electron chi connectivity index (χ1n) is 8.88.